The summed E-state index contributed by atoms with van der Waals surface area (Å²) in [7, 11) is 0. The van der Waals surface area contributed by atoms with E-state index < -0.39 is 0 Å². The molecule has 0 spiro atoms. The summed E-state index contributed by atoms with van der Waals surface area (Å²) in [5.74, 6) is 0. The standard InChI is InChI=1S/C15H16N2O/c16-15(17-14-9-5-2-6-10-14)18-12-11-13-7-3-1-4-8-13/h1-10H,11-12H2,(H2,16,17). The number of rotatable bonds is 4. The first kappa shape index (κ1) is 12.2. The van der Waals surface area contributed by atoms with Crippen LogP contribution in [0.3, 0.4) is 0 Å². The molecule has 0 aliphatic rings. The molecule has 0 aliphatic carbocycles. The van der Waals surface area contributed by atoms with Crippen molar-refractivity contribution in [3.63, 3.8) is 0 Å². The second-order valence-electron chi connectivity index (χ2n) is 3.87. The van der Waals surface area contributed by atoms with Gasteiger partial charge in [0, 0.05) is 6.42 Å². The van der Waals surface area contributed by atoms with Gasteiger partial charge in [0.25, 0.3) is 6.02 Å². The first-order valence-corrected chi connectivity index (χ1v) is 5.90. The molecule has 0 aromatic heterocycles. The zero-order chi connectivity index (χ0) is 12.6. The van der Waals surface area contributed by atoms with Crippen molar-refractivity contribution >= 4 is 11.7 Å². The number of nitrogens with zero attached hydrogens (tertiary/aromatic N) is 1. The van der Waals surface area contributed by atoms with Crippen molar-refractivity contribution in [2.45, 2.75) is 6.42 Å². The van der Waals surface area contributed by atoms with Crippen molar-refractivity contribution in [2.24, 2.45) is 10.7 Å². The summed E-state index contributed by atoms with van der Waals surface area (Å²) in [6.07, 6.45) is 0.825. The smallest absolute Gasteiger partial charge is 0.287 e. The second-order valence-corrected chi connectivity index (χ2v) is 3.87. The number of amidine groups is 1. The molecular formula is C15H16N2O. The van der Waals surface area contributed by atoms with Gasteiger partial charge in [0.15, 0.2) is 0 Å². The molecule has 2 aromatic carbocycles. The van der Waals surface area contributed by atoms with Crippen molar-refractivity contribution in [3.8, 4) is 0 Å². The lowest BCUT2D eigenvalue weighted by Gasteiger charge is -2.05. The van der Waals surface area contributed by atoms with Gasteiger partial charge in [-0.15, -0.1) is 0 Å². The lowest BCUT2D eigenvalue weighted by molar-refractivity contribution is 0.304. The summed E-state index contributed by atoms with van der Waals surface area (Å²) in [6.45, 7) is 0.534. The van der Waals surface area contributed by atoms with Gasteiger partial charge in [0.1, 0.15) is 0 Å². The van der Waals surface area contributed by atoms with Crippen molar-refractivity contribution in [1.82, 2.24) is 0 Å². The average molecular weight is 240 g/mol. The van der Waals surface area contributed by atoms with Gasteiger partial charge >= 0.3 is 0 Å². The van der Waals surface area contributed by atoms with Gasteiger partial charge in [-0.05, 0) is 17.7 Å². The molecule has 92 valence electrons. The Balaban J connectivity index is 1.82. The molecule has 0 saturated carbocycles. The number of para-hydroxylation sites is 1. The van der Waals surface area contributed by atoms with Gasteiger partial charge in [-0.2, -0.15) is 4.99 Å². The Morgan fingerprint density at radius 2 is 1.56 bits per heavy atom. The van der Waals surface area contributed by atoms with Crippen LogP contribution in [0.25, 0.3) is 0 Å². The predicted molar refractivity (Wildman–Crippen MR) is 73.8 cm³/mol. The van der Waals surface area contributed by atoms with E-state index in [1.54, 1.807) is 0 Å². The maximum Gasteiger partial charge on any atom is 0.287 e. The van der Waals surface area contributed by atoms with E-state index in [2.05, 4.69) is 17.1 Å². The molecular weight excluding hydrogens is 224 g/mol. The maximum atomic E-state index is 5.70. The van der Waals surface area contributed by atoms with E-state index in [9.17, 15) is 0 Å². The van der Waals surface area contributed by atoms with Gasteiger partial charge < -0.3 is 10.5 Å². The molecule has 18 heavy (non-hydrogen) atoms. The van der Waals surface area contributed by atoms with Gasteiger partial charge in [-0.3, -0.25) is 0 Å². The van der Waals surface area contributed by atoms with E-state index in [4.69, 9.17) is 10.5 Å². The molecule has 3 heteroatoms. The van der Waals surface area contributed by atoms with E-state index in [0.717, 1.165) is 12.1 Å². The van der Waals surface area contributed by atoms with E-state index in [0.29, 0.717) is 6.61 Å². The molecule has 0 fully saturated rings. The third kappa shape index (κ3) is 3.94. The van der Waals surface area contributed by atoms with Crippen LogP contribution in [0.5, 0.6) is 0 Å². The Labute approximate surface area is 107 Å². The predicted octanol–water partition coefficient (Wildman–Crippen LogP) is 2.89. The minimum absolute atomic E-state index is 0.206. The molecule has 0 saturated heterocycles. The molecule has 0 heterocycles. The molecule has 0 bridgehead atoms. The van der Waals surface area contributed by atoms with Crippen molar-refractivity contribution < 1.29 is 4.74 Å². The summed E-state index contributed by atoms with van der Waals surface area (Å²) in [5.41, 5.74) is 7.73. The number of hydrogen-bond acceptors (Lipinski definition) is 2. The van der Waals surface area contributed by atoms with Crippen LogP contribution in [0.2, 0.25) is 0 Å². The number of ether oxygens (including phenoxy) is 1. The number of aliphatic imine (C=N–C) groups is 1. The molecule has 0 amide bonds. The third-order valence-electron chi connectivity index (χ3n) is 2.48. The highest BCUT2D eigenvalue weighted by Gasteiger charge is 1.96. The fourth-order valence-electron chi connectivity index (χ4n) is 1.58. The third-order valence-corrected chi connectivity index (χ3v) is 2.48. The van der Waals surface area contributed by atoms with Crippen LogP contribution < -0.4 is 5.73 Å². The number of benzene rings is 2. The first-order valence-electron chi connectivity index (χ1n) is 5.90. The molecule has 0 radical (unpaired) electrons. The van der Waals surface area contributed by atoms with Crippen LogP contribution in [-0.2, 0) is 11.2 Å². The SMILES string of the molecule is NC(=Nc1ccccc1)OCCc1ccccc1. The Morgan fingerprint density at radius 3 is 2.22 bits per heavy atom. The van der Waals surface area contributed by atoms with Gasteiger partial charge in [-0.25, -0.2) is 0 Å². The molecule has 2 aromatic rings. The second kappa shape index (κ2) is 6.45. The topological polar surface area (TPSA) is 47.6 Å². The average Bonchev–Trinajstić information content (AvgIpc) is 2.41. The molecule has 0 unspecified atom stereocenters. The van der Waals surface area contributed by atoms with Crippen LogP contribution in [0, 0.1) is 0 Å². The lowest BCUT2D eigenvalue weighted by atomic mass is 10.2. The minimum Gasteiger partial charge on any atom is -0.465 e. The summed E-state index contributed by atoms with van der Waals surface area (Å²) in [6, 6.07) is 19.9. The van der Waals surface area contributed by atoms with Crippen LogP contribution in [0.15, 0.2) is 65.7 Å². The monoisotopic (exact) mass is 240 g/mol. The summed E-state index contributed by atoms with van der Waals surface area (Å²) in [4.78, 5) is 4.16. The van der Waals surface area contributed by atoms with Crippen LogP contribution in [0.4, 0.5) is 5.69 Å². The molecule has 3 nitrogen and oxygen atoms in total. The van der Waals surface area contributed by atoms with E-state index >= 15 is 0 Å². The van der Waals surface area contributed by atoms with Crippen molar-refractivity contribution in [1.29, 1.82) is 0 Å². The quantitative estimate of drug-likeness (QED) is 0.659. The van der Waals surface area contributed by atoms with Gasteiger partial charge in [-0.1, -0.05) is 48.5 Å². The summed E-state index contributed by atoms with van der Waals surface area (Å²) >= 11 is 0. The molecule has 2 N–H and O–H groups in total. The van der Waals surface area contributed by atoms with E-state index in [-0.39, 0.29) is 6.02 Å². The Morgan fingerprint density at radius 1 is 0.944 bits per heavy atom. The number of hydrogen-bond donors (Lipinski definition) is 1. The highest BCUT2D eigenvalue weighted by molar-refractivity contribution is 5.75. The highest BCUT2D eigenvalue weighted by Crippen LogP contribution is 2.09. The zero-order valence-corrected chi connectivity index (χ0v) is 10.1. The van der Waals surface area contributed by atoms with E-state index in [1.165, 1.54) is 5.56 Å². The Bertz CT molecular complexity index is 494. The van der Waals surface area contributed by atoms with Crippen LogP contribution in [0.1, 0.15) is 5.56 Å². The minimum atomic E-state index is 0.206. The summed E-state index contributed by atoms with van der Waals surface area (Å²) < 4.78 is 5.38. The largest absolute Gasteiger partial charge is 0.465 e. The highest BCUT2D eigenvalue weighted by atomic mass is 16.5. The number of nitrogens with two attached hydrogens (primary N) is 1. The fraction of sp³-hybridized carbons (Fsp3) is 0.133. The normalized spacial score (nSPS) is 11.2. The Hall–Kier alpha value is -2.29. The van der Waals surface area contributed by atoms with Crippen LogP contribution >= 0.6 is 0 Å². The van der Waals surface area contributed by atoms with Gasteiger partial charge in [0.05, 0.1) is 12.3 Å². The zero-order valence-electron chi connectivity index (χ0n) is 10.1. The van der Waals surface area contributed by atoms with Crippen LogP contribution in [-0.4, -0.2) is 12.6 Å². The molecule has 0 aliphatic heterocycles. The maximum absolute atomic E-state index is 5.70. The van der Waals surface area contributed by atoms with Crippen molar-refractivity contribution in [2.75, 3.05) is 6.61 Å². The van der Waals surface area contributed by atoms with Gasteiger partial charge in [0.2, 0.25) is 0 Å². The Kier molecular flexibility index (Phi) is 4.36. The first-order chi connectivity index (χ1) is 8.84. The molecule has 0 atom stereocenters. The fourth-order valence-corrected chi connectivity index (χ4v) is 1.58. The van der Waals surface area contributed by atoms with E-state index in [1.807, 2.05) is 48.5 Å². The summed E-state index contributed by atoms with van der Waals surface area (Å²) in [5, 5.41) is 0. The van der Waals surface area contributed by atoms with Crippen molar-refractivity contribution in [3.05, 3.63) is 66.2 Å². The molecule has 2 rings (SSSR count). The lowest BCUT2D eigenvalue weighted by Crippen LogP contribution is -2.17.